The molecule has 0 atom stereocenters. The van der Waals surface area contributed by atoms with Gasteiger partial charge in [0.1, 0.15) is 5.82 Å². The maximum atomic E-state index is 12.7. The first-order valence-electron chi connectivity index (χ1n) is 8.60. The van der Waals surface area contributed by atoms with E-state index < -0.39 is 0 Å². The first kappa shape index (κ1) is 16.9. The van der Waals surface area contributed by atoms with Gasteiger partial charge in [0.05, 0.1) is 31.4 Å². The Kier molecular flexibility index (Phi) is 5.47. The average Bonchev–Trinajstić information content (AvgIpc) is 3.18. The monoisotopic (exact) mass is 334 g/mol. The Morgan fingerprint density at radius 3 is 2.88 bits per heavy atom. The van der Waals surface area contributed by atoms with E-state index in [4.69, 9.17) is 4.74 Å². The number of ether oxygens (including phenoxy) is 1. The van der Waals surface area contributed by atoms with Crippen molar-refractivity contribution in [2.24, 2.45) is 0 Å². The lowest BCUT2D eigenvalue weighted by Gasteiger charge is -2.21. The molecule has 0 aromatic carbocycles. The van der Waals surface area contributed by atoms with E-state index in [2.05, 4.69) is 15.4 Å². The molecule has 0 radical (unpaired) electrons. The summed E-state index contributed by atoms with van der Waals surface area (Å²) in [5.41, 5.74) is 0.928. The largest absolute Gasteiger partial charge is 0.383 e. The van der Waals surface area contributed by atoms with Crippen LogP contribution in [0.3, 0.4) is 0 Å². The van der Waals surface area contributed by atoms with Crippen LogP contribution in [0.15, 0.2) is 17.3 Å². The van der Waals surface area contributed by atoms with Gasteiger partial charge in [-0.15, -0.1) is 0 Å². The van der Waals surface area contributed by atoms with Gasteiger partial charge in [-0.1, -0.05) is 0 Å². The van der Waals surface area contributed by atoms with Gasteiger partial charge in [0.2, 0.25) is 0 Å². The first-order valence-corrected chi connectivity index (χ1v) is 8.60. The minimum Gasteiger partial charge on any atom is -0.383 e. The van der Waals surface area contributed by atoms with E-state index in [0.29, 0.717) is 25.6 Å². The number of imidazole rings is 1. The summed E-state index contributed by atoms with van der Waals surface area (Å²) in [7, 11) is 1.68. The van der Waals surface area contributed by atoms with Gasteiger partial charge in [-0.05, 0) is 32.9 Å². The van der Waals surface area contributed by atoms with Crippen LogP contribution >= 0.6 is 0 Å². The first-order chi connectivity index (χ1) is 11.7. The summed E-state index contributed by atoms with van der Waals surface area (Å²) in [4.78, 5) is 16.9. The highest BCUT2D eigenvalue weighted by Crippen LogP contribution is 2.22. The second-order valence-electron chi connectivity index (χ2n) is 6.14. The van der Waals surface area contributed by atoms with Crippen molar-refractivity contribution in [1.29, 1.82) is 0 Å². The van der Waals surface area contributed by atoms with Crippen molar-refractivity contribution in [3.63, 3.8) is 0 Å². The van der Waals surface area contributed by atoms with Crippen molar-refractivity contribution in [2.75, 3.05) is 26.8 Å². The fourth-order valence-corrected chi connectivity index (χ4v) is 3.26. The SMILES string of the molecule is CCn1c(C2CCNCC2)nn(Cc2cncn2CCOC)c1=O. The molecule has 0 saturated carbocycles. The summed E-state index contributed by atoms with van der Waals surface area (Å²) in [6, 6.07) is 0. The molecular formula is C16H26N6O2. The molecule has 3 rings (SSSR count). The lowest BCUT2D eigenvalue weighted by atomic mass is 9.97. The molecule has 1 aliphatic heterocycles. The van der Waals surface area contributed by atoms with E-state index in [1.807, 2.05) is 16.1 Å². The molecule has 1 saturated heterocycles. The van der Waals surface area contributed by atoms with Crippen LogP contribution < -0.4 is 11.0 Å². The summed E-state index contributed by atoms with van der Waals surface area (Å²) < 4.78 is 10.5. The zero-order valence-electron chi connectivity index (χ0n) is 14.4. The van der Waals surface area contributed by atoms with Crippen molar-refractivity contribution in [3.05, 3.63) is 34.5 Å². The van der Waals surface area contributed by atoms with Gasteiger partial charge in [0.15, 0.2) is 0 Å². The summed E-state index contributed by atoms with van der Waals surface area (Å²) in [6.45, 7) is 6.39. The zero-order chi connectivity index (χ0) is 16.9. The molecule has 0 aliphatic carbocycles. The highest BCUT2D eigenvalue weighted by Gasteiger charge is 2.23. The van der Waals surface area contributed by atoms with Gasteiger partial charge in [-0.2, -0.15) is 5.10 Å². The van der Waals surface area contributed by atoms with Gasteiger partial charge in [0.25, 0.3) is 0 Å². The molecule has 2 aromatic heterocycles. The van der Waals surface area contributed by atoms with Crippen LogP contribution in [0.2, 0.25) is 0 Å². The Hall–Kier alpha value is -1.93. The smallest absolute Gasteiger partial charge is 0.346 e. The number of hydrogen-bond acceptors (Lipinski definition) is 5. The molecule has 8 heteroatoms. The summed E-state index contributed by atoms with van der Waals surface area (Å²) >= 11 is 0. The highest BCUT2D eigenvalue weighted by molar-refractivity contribution is 5.03. The number of hydrogen-bond donors (Lipinski definition) is 1. The van der Waals surface area contributed by atoms with Crippen LogP contribution in [0.1, 0.15) is 37.2 Å². The number of nitrogens with one attached hydrogen (secondary N) is 1. The molecule has 0 amide bonds. The summed E-state index contributed by atoms with van der Waals surface area (Å²) in [5.74, 6) is 1.28. The molecule has 3 heterocycles. The molecule has 2 aromatic rings. The minimum absolute atomic E-state index is 0.0366. The van der Waals surface area contributed by atoms with Gasteiger partial charge in [0, 0.05) is 26.1 Å². The molecule has 0 spiro atoms. The summed E-state index contributed by atoms with van der Waals surface area (Å²) in [6.07, 6.45) is 5.62. The normalized spacial score (nSPS) is 15.9. The van der Waals surface area contributed by atoms with Crippen LogP contribution in [0.25, 0.3) is 0 Å². The van der Waals surface area contributed by atoms with Crippen LogP contribution in [-0.4, -0.2) is 50.7 Å². The van der Waals surface area contributed by atoms with Gasteiger partial charge < -0.3 is 14.6 Å². The predicted octanol–water partition coefficient (Wildman–Crippen LogP) is 0.423. The lowest BCUT2D eigenvalue weighted by Crippen LogP contribution is -2.29. The van der Waals surface area contributed by atoms with Crippen molar-refractivity contribution in [3.8, 4) is 0 Å². The zero-order valence-corrected chi connectivity index (χ0v) is 14.4. The molecule has 1 aliphatic rings. The molecule has 24 heavy (non-hydrogen) atoms. The molecule has 1 N–H and O–H groups in total. The van der Waals surface area contributed by atoms with Gasteiger partial charge in [-0.25, -0.2) is 14.5 Å². The third-order valence-corrected chi connectivity index (χ3v) is 4.62. The maximum Gasteiger partial charge on any atom is 0.346 e. The Morgan fingerprint density at radius 2 is 2.17 bits per heavy atom. The van der Waals surface area contributed by atoms with Gasteiger partial charge in [-0.3, -0.25) is 4.57 Å². The van der Waals surface area contributed by atoms with Crippen LogP contribution in [-0.2, 0) is 24.4 Å². The van der Waals surface area contributed by atoms with E-state index in [0.717, 1.165) is 44.0 Å². The third kappa shape index (κ3) is 3.44. The van der Waals surface area contributed by atoms with E-state index >= 15 is 0 Å². The fraction of sp³-hybridized carbons (Fsp3) is 0.688. The van der Waals surface area contributed by atoms with E-state index in [9.17, 15) is 4.79 Å². The topological polar surface area (TPSA) is 78.9 Å². The average molecular weight is 334 g/mol. The van der Waals surface area contributed by atoms with Crippen LogP contribution in [0.5, 0.6) is 0 Å². The predicted molar refractivity (Wildman–Crippen MR) is 90.2 cm³/mol. The van der Waals surface area contributed by atoms with E-state index in [1.165, 1.54) is 0 Å². The van der Waals surface area contributed by atoms with E-state index in [-0.39, 0.29) is 5.69 Å². The van der Waals surface area contributed by atoms with Crippen molar-refractivity contribution in [2.45, 2.75) is 45.3 Å². The number of methoxy groups -OCH3 is 1. The van der Waals surface area contributed by atoms with Gasteiger partial charge >= 0.3 is 5.69 Å². The number of nitrogens with zero attached hydrogens (tertiary/aromatic N) is 5. The van der Waals surface area contributed by atoms with E-state index in [1.54, 1.807) is 24.3 Å². The maximum absolute atomic E-state index is 12.7. The third-order valence-electron chi connectivity index (χ3n) is 4.62. The number of aromatic nitrogens is 5. The fourth-order valence-electron chi connectivity index (χ4n) is 3.26. The van der Waals surface area contributed by atoms with Crippen molar-refractivity contribution in [1.82, 2.24) is 29.2 Å². The molecule has 0 bridgehead atoms. The Morgan fingerprint density at radius 1 is 1.38 bits per heavy atom. The number of piperidine rings is 1. The highest BCUT2D eigenvalue weighted by atomic mass is 16.5. The molecule has 0 unspecified atom stereocenters. The quantitative estimate of drug-likeness (QED) is 0.794. The Balaban J connectivity index is 1.85. The van der Waals surface area contributed by atoms with Crippen LogP contribution in [0, 0.1) is 0 Å². The lowest BCUT2D eigenvalue weighted by molar-refractivity contribution is 0.186. The molecule has 8 nitrogen and oxygen atoms in total. The van der Waals surface area contributed by atoms with Crippen molar-refractivity contribution < 1.29 is 4.74 Å². The molecule has 1 fully saturated rings. The standard InChI is InChI=1S/C16H26N6O2/c1-3-21-15(13-4-6-17-7-5-13)19-22(16(21)23)11-14-10-18-12-20(14)8-9-24-2/h10,12-13,17H,3-9,11H2,1-2H3. The number of rotatable bonds is 7. The van der Waals surface area contributed by atoms with Crippen LogP contribution in [0.4, 0.5) is 0 Å². The second-order valence-corrected chi connectivity index (χ2v) is 6.14. The Labute approximate surface area is 141 Å². The molecule has 132 valence electrons. The second kappa shape index (κ2) is 7.76. The minimum atomic E-state index is -0.0366. The molecular weight excluding hydrogens is 308 g/mol. The van der Waals surface area contributed by atoms with Crippen molar-refractivity contribution >= 4 is 0 Å². The summed E-state index contributed by atoms with van der Waals surface area (Å²) in [5, 5.41) is 8.03. The Bertz CT molecular complexity index is 710.